The fourth-order valence-corrected chi connectivity index (χ4v) is 2.39. The fraction of sp³-hybridized carbons (Fsp3) is 0.545. The van der Waals surface area contributed by atoms with E-state index in [2.05, 4.69) is 31.0 Å². The molecule has 0 bridgehead atoms. The average molecular weight is 392 g/mol. The number of nitrogens with one attached hydrogen (secondary N) is 1. The Labute approximate surface area is 170 Å². The molecule has 0 saturated heterocycles. The molecule has 1 aromatic carbocycles. The molecule has 1 aliphatic heterocycles. The molecule has 6 heteroatoms. The van der Waals surface area contributed by atoms with Gasteiger partial charge in [-0.05, 0) is 45.4 Å². The van der Waals surface area contributed by atoms with Crippen molar-refractivity contribution in [3.05, 3.63) is 29.3 Å². The first-order valence-electron chi connectivity index (χ1n) is 9.80. The Morgan fingerprint density at radius 2 is 1.89 bits per heavy atom. The van der Waals surface area contributed by atoms with Gasteiger partial charge < -0.3 is 9.47 Å². The molecule has 0 atom stereocenters. The highest BCUT2D eigenvalue weighted by atomic mass is 16.6. The number of anilines is 1. The summed E-state index contributed by atoms with van der Waals surface area (Å²) in [4.78, 5) is 12.0. The van der Waals surface area contributed by atoms with Crippen LogP contribution in [0.1, 0.15) is 67.4 Å². The molecule has 0 aromatic heterocycles. The average Bonchev–Trinajstić information content (AvgIpc) is 2.62. The lowest BCUT2D eigenvalue weighted by Gasteiger charge is -2.28. The van der Waals surface area contributed by atoms with E-state index >= 15 is 0 Å². The van der Waals surface area contributed by atoms with Gasteiger partial charge in [-0.3, -0.25) is 10.3 Å². The smallest absolute Gasteiger partial charge is 0.412 e. The zero-order valence-corrected chi connectivity index (χ0v) is 19.0. The third-order valence-electron chi connectivity index (χ3n) is 3.28. The maximum absolute atomic E-state index is 12.0. The molecule has 1 heterocycles. The number of benzene rings is 1. The lowest BCUT2D eigenvalue weighted by Crippen LogP contribution is -2.28. The van der Waals surface area contributed by atoms with Gasteiger partial charge >= 0.3 is 6.09 Å². The van der Waals surface area contributed by atoms with Crippen LogP contribution in [0.4, 0.5) is 10.5 Å². The Morgan fingerprint density at radius 1 is 1.32 bits per heavy atom. The first-order chi connectivity index (χ1) is 13.1. The van der Waals surface area contributed by atoms with Gasteiger partial charge in [0.25, 0.3) is 0 Å². The molecule has 1 aromatic rings. The summed E-state index contributed by atoms with van der Waals surface area (Å²) in [5, 5.41) is 8.41. The first kappa shape index (κ1) is 25.5. The van der Waals surface area contributed by atoms with E-state index < -0.39 is 11.7 Å². The van der Waals surface area contributed by atoms with Crippen molar-refractivity contribution in [3.63, 3.8) is 0 Å². The van der Waals surface area contributed by atoms with Crippen molar-refractivity contribution in [2.45, 2.75) is 67.4 Å². The number of fused-ring (bicyclic) bond motifs is 1. The summed E-state index contributed by atoms with van der Waals surface area (Å²) < 4.78 is 11.1. The molecule has 0 unspecified atom stereocenters. The number of amides is 1. The van der Waals surface area contributed by atoms with E-state index in [1.165, 1.54) is 6.42 Å². The Morgan fingerprint density at radius 3 is 2.39 bits per heavy atom. The van der Waals surface area contributed by atoms with Crippen molar-refractivity contribution in [3.8, 4) is 5.75 Å². The van der Waals surface area contributed by atoms with Gasteiger partial charge in [0.2, 0.25) is 0 Å². The molecule has 1 amide bonds. The highest BCUT2D eigenvalue weighted by Gasteiger charge is 2.25. The summed E-state index contributed by atoms with van der Waals surface area (Å²) in [5.41, 5.74) is 2.83. The van der Waals surface area contributed by atoms with E-state index in [0.29, 0.717) is 18.0 Å². The van der Waals surface area contributed by atoms with Crippen molar-refractivity contribution < 1.29 is 14.3 Å². The predicted molar refractivity (Wildman–Crippen MR) is 119 cm³/mol. The van der Waals surface area contributed by atoms with E-state index in [0.717, 1.165) is 16.8 Å². The minimum atomic E-state index is -0.561. The molecule has 0 aliphatic carbocycles. The van der Waals surface area contributed by atoms with Gasteiger partial charge in [-0.2, -0.15) is 5.10 Å². The normalized spacial score (nSPS) is 12.2. The molecule has 1 aliphatic rings. The van der Waals surface area contributed by atoms with Crippen LogP contribution < -0.4 is 10.1 Å². The summed E-state index contributed by atoms with van der Waals surface area (Å²) in [7, 11) is 1.83. The van der Waals surface area contributed by atoms with Crippen molar-refractivity contribution in [1.29, 1.82) is 0 Å². The Bertz CT molecular complexity index is 676. The lowest BCUT2D eigenvalue weighted by molar-refractivity contribution is 0.0635. The number of rotatable bonds is 3. The molecule has 6 nitrogen and oxygen atoms in total. The zero-order valence-electron chi connectivity index (χ0n) is 19.0. The van der Waals surface area contributed by atoms with E-state index in [1.807, 2.05) is 60.7 Å². The summed E-state index contributed by atoms with van der Waals surface area (Å²) in [5.74, 6) is 0.606. The van der Waals surface area contributed by atoms with Crippen molar-refractivity contribution in [2.24, 2.45) is 5.10 Å². The minimum Gasteiger partial charge on any atom is -0.486 e. The molecule has 1 N–H and O–H groups in total. The largest absolute Gasteiger partial charge is 0.486 e. The van der Waals surface area contributed by atoms with Crippen LogP contribution in [0.25, 0.3) is 5.70 Å². The molecule has 28 heavy (non-hydrogen) atoms. The van der Waals surface area contributed by atoms with E-state index in [1.54, 1.807) is 11.1 Å². The summed E-state index contributed by atoms with van der Waals surface area (Å²) in [6, 6.07) is 5.56. The molecule has 2 rings (SSSR count). The van der Waals surface area contributed by atoms with Crippen molar-refractivity contribution in [1.82, 2.24) is 5.01 Å². The van der Waals surface area contributed by atoms with E-state index in [4.69, 9.17) is 9.47 Å². The van der Waals surface area contributed by atoms with Gasteiger partial charge in [0.15, 0.2) is 5.75 Å². The molecule has 0 fully saturated rings. The van der Waals surface area contributed by atoms with Crippen LogP contribution in [0, 0.1) is 0 Å². The molecule has 0 radical (unpaired) electrons. The van der Waals surface area contributed by atoms with E-state index in [9.17, 15) is 4.79 Å². The lowest BCUT2D eigenvalue weighted by atomic mass is 10.0. The van der Waals surface area contributed by atoms with Gasteiger partial charge in [0, 0.05) is 19.3 Å². The SMILES string of the molecule is C=NN(C)C1=C(C)COc2c(NC(=O)OC(C)(C)C)cccc21.CC.CCC. The van der Waals surface area contributed by atoms with Crippen LogP contribution in [0.2, 0.25) is 0 Å². The number of carbonyl (C=O) groups is 1. The quantitative estimate of drug-likeness (QED) is 0.496. The standard InChI is InChI=1S/C17H23N3O3.C3H8.C2H6/c1-11-10-22-15-12(14(11)20(6)18-5)8-7-9-13(15)19-16(21)23-17(2,3)4;1-3-2;1-2/h7-9H,5,10H2,1-4,6H3,(H,19,21);3H2,1-2H3;1-2H3. The number of para-hydroxylation sites is 1. The monoisotopic (exact) mass is 391 g/mol. The summed E-state index contributed by atoms with van der Waals surface area (Å²) in [6.07, 6.45) is 0.734. The zero-order chi connectivity index (χ0) is 21.9. The Balaban J connectivity index is 0.00000133. The van der Waals surface area contributed by atoms with Gasteiger partial charge in [0.05, 0.1) is 11.4 Å². The maximum Gasteiger partial charge on any atom is 0.412 e. The fourth-order valence-electron chi connectivity index (χ4n) is 2.39. The minimum absolute atomic E-state index is 0.426. The van der Waals surface area contributed by atoms with Gasteiger partial charge in [-0.1, -0.05) is 40.2 Å². The second-order valence-corrected chi connectivity index (χ2v) is 7.10. The number of carbonyl (C=O) groups excluding carboxylic acids is 1. The molecule has 158 valence electrons. The molecular weight excluding hydrogens is 354 g/mol. The number of hydrogen-bond acceptors (Lipinski definition) is 5. The predicted octanol–water partition coefficient (Wildman–Crippen LogP) is 6.15. The Hall–Kier alpha value is -2.50. The second kappa shape index (κ2) is 12.1. The van der Waals surface area contributed by atoms with Gasteiger partial charge in [0.1, 0.15) is 12.2 Å². The van der Waals surface area contributed by atoms with Crippen LogP contribution in [-0.4, -0.2) is 37.1 Å². The Kier molecular flexibility index (Phi) is 11.0. The van der Waals surface area contributed by atoms with Crippen molar-refractivity contribution >= 4 is 24.2 Å². The van der Waals surface area contributed by atoms with Crippen LogP contribution >= 0.6 is 0 Å². The van der Waals surface area contributed by atoms with Crippen LogP contribution in [0.3, 0.4) is 0 Å². The highest BCUT2D eigenvalue weighted by Crippen LogP contribution is 2.39. The topological polar surface area (TPSA) is 63.2 Å². The third kappa shape index (κ3) is 7.62. The molecular formula is C22H37N3O3. The maximum atomic E-state index is 12.0. The second-order valence-electron chi connectivity index (χ2n) is 7.10. The van der Waals surface area contributed by atoms with Crippen LogP contribution in [0.15, 0.2) is 28.9 Å². The van der Waals surface area contributed by atoms with Crippen LogP contribution in [-0.2, 0) is 4.74 Å². The number of hydrogen-bond donors (Lipinski definition) is 1. The van der Waals surface area contributed by atoms with Crippen molar-refractivity contribution in [2.75, 3.05) is 19.0 Å². The number of nitrogens with zero attached hydrogens (tertiary/aromatic N) is 2. The summed E-state index contributed by atoms with van der Waals surface area (Å²) in [6.45, 7) is 19.7. The highest BCUT2D eigenvalue weighted by molar-refractivity contribution is 5.90. The van der Waals surface area contributed by atoms with Crippen LogP contribution in [0.5, 0.6) is 5.75 Å². The number of hydrazone groups is 1. The molecule has 0 saturated carbocycles. The first-order valence-corrected chi connectivity index (χ1v) is 9.80. The molecule has 0 spiro atoms. The van der Waals surface area contributed by atoms with E-state index in [-0.39, 0.29) is 0 Å². The summed E-state index contributed by atoms with van der Waals surface area (Å²) >= 11 is 0. The number of ether oxygens (including phenoxy) is 2. The van der Waals surface area contributed by atoms with Gasteiger partial charge in [-0.15, -0.1) is 0 Å². The van der Waals surface area contributed by atoms with Gasteiger partial charge in [-0.25, -0.2) is 4.79 Å². The third-order valence-corrected chi connectivity index (χ3v) is 3.28.